The number of rotatable bonds is 7. The Morgan fingerprint density at radius 3 is 2.50 bits per heavy atom. The molecule has 3 aromatic rings. The van der Waals surface area contributed by atoms with Crippen molar-refractivity contribution in [1.29, 1.82) is 0 Å². The number of carboxylic acids is 1. The van der Waals surface area contributed by atoms with Gasteiger partial charge in [-0.1, -0.05) is 25.3 Å². The number of amides is 1. The maximum atomic E-state index is 13.7. The number of anilines is 1. The first-order chi connectivity index (χ1) is 16.2. The summed E-state index contributed by atoms with van der Waals surface area (Å²) >= 11 is 1.46. The van der Waals surface area contributed by atoms with Crippen molar-refractivity contribution in [3.8, 4) is 0 Å². The molecule has 0 spiro atoms. The number of carbonyl (C=O) groups excluding carboxylic acids is 1. The predicted molar refractivity (Wildman–Crippen MR) is 136 cm³/mol. The Balaban J connectivity index is 1.66. The summed E-state index contributed by atoms with van der Waals surface area (Å²) in [6.07, 6.45) is 4.75. The second-order valence-electron chi connectivity index (χ2n) is 9.77. The lowest BCUT2D eigenvalue weighted by atomic mass is 9.71. The van der Waals surface area contributed by atoms with Crippen LogP contribution in [0.15, 0.2) is 24.3 Å². The van der Waals surface area contributed by atoms with Crippen molar-refractivity contribution >= 4 is 39.2 Å². The first-order valence-electron chi connectivity index (χ1n) is 12.0. The van der Waals surface area contributed by atoms with Gasteiger partial charge >= 0.3 is 5.97 Å². The number of carbonyl (C=O) groups is 2. The van der Waals surface area contributed by atoms with Crippen LogP contribution in [0, 0.1) is 33.1 Å². The van der Waals surface area contributed by atoms with E-state index in [1.807, 2.05) is 26.0 Å². The van der Waals surface area contributed by atoms with E-state index in [0.717, 1.165) is 57.7 Å². The molecule has 0 unspecified atom stereocenters. The number of benzene rings is 1. The Kier molecular flexibility index (Phi) is 7.03. The van der Waals surface area contributed by atoms with E-state index in [9.17, 15) is 14.7 Å². The number of aryl methyl sites for hydroxylation is 4. The molecule has 1 aliphatic carbocycles. The standard InChI is InChI=1S/C27H33N3O3S/c1-17-14-18(2)25-21(29-34-23(25)15-17)16-30(22-9-8-19(3)28-20(22)4)24(31)10-13-27(26(32)33)11-6-5-7-12-27/h8-9,14-15H,5-7,10-13,16H2,1-4H3,(H,32,33). The van der Waals surface area contributed by atoms with Crippen LogP contribution in [-0.4, -0.2) is 26.3 Å². The molecule has 1 saturated carbocycles. The molecule has 0 atom stereocenters. The van der Waals surface area contributed by atoms with Crippen molar-refractivity contribution in [2.45, 2.75) is 79.2 Å². The SMILES string of the molecule is Cc1cc(C)c2c(CN(C(=O)CCC3(C(=O)O)CCCCC3)c3ccc(C)nc3C)nsc2c1. The van der Waals surface area contributed by atoms with Crippen LogP contribution >= 0.6 is 11.5 Å². The highest BCUT2D eigenvalue weighted by Gasteiger charge is 2.40. The Labute approximate surface area is 205 Å². The predicted octanol–water partition coefficient (Wildman–Crippen LogP) is 6.27. The van der Waals surface area contributed by atoms with Gasteiger partial charge in [-0.2, -0.15) is 4.37 Å². The molecule has 6 nitrogen and oxygen atoms in total. The number of hydrogen-bond donors (Lipinski definition) is 1. The molecule has 0 radical (unpaired) electrons. The van der Waals surface area contributed by atoms with Crippen LogP contribution in [0.25, 0.3) is 10.1 Å². The molecule has 1 aromatic carbocycles. The molecule has 1 amide bonds. The fourth-order valence-electron chi connectivity index (χ4n) is 5.33. The molecule has 0 aliphatic heterocycles. The molecule has 1 aliphatic rings. The lowest BCUT2D eigenvalue weighted by molar-refractivity contribution is -0.151. The van der Waals surface area contributed by atoms with Crippen molar-refractivity contribution in [2.24, 2.45) is 5.41 Å². The van der Waals surface area contributed by atoms with Gasteiger partial charge < -0.3 is 10.0 Å². The van der Waals surface area contributed by atoms with Crippen molar-refractivity contribution in [1.82, 2.24) is 9.36 Å². The van der Waals surface area contributed by atoms with Crippen molar-refractivity contribution < 1.29 is 14.7 Å². The lowest BCUT2D eigenvalue weighted by Gasteiger charge is -2.33. The van der Waals surface area contributed by atoms with Gasteiger partial charge in [0.2, 0.25) is 5.91 Å². The Morgan fingerprint density at radius 2 is 1.82 bits per heavy atom. The molecule has 2 aromatic heterocycles. The lowest BCUT2D eigenvalue weighted by Crippen LogP contribution is -2.37. The van der Waals surface area contributed by atoms with E-state index in [4.69, 9.17) is 4.37 Å². The summed E-state index contributed by atoms with van der Waals surface area (Å²) in [6, 6.07) is 8.13. The minimum Gasteiger partial charge on any atom is -0.481 e. The largest absolute Gasteiger partial charge is 0.481 e. The average molecular weight is 480 g/mol. The summed E-state index contributed by atoms with van der Waals surface area (Å²) in [7, 11) is 0. The van der Waals surface area contributed by atoms with Gasteiger partial charge in [0, 0.05) is 17.5 Å². The molecular formula is C27H33N3O3S. The Hall–Kier alpha value is -2.80. The number of pyridine rings is 1. The molecule has 4 rings (SSSR count). The zero-order valence-corrected chi connectivity index (χ0v) is 21.3. The van der Waals surface area contributed by atoms with Crippen LogP contribution < -0.4 is 4.90 Å². The normalized spacial score (nSPS) is 15.4. The van der Waals surface area contributed by atoms with E-state index in [0.29, 0.717) is 25.8 Å². The van der Waals surface area contributed by atoms with Crippen LogP contribution in [0.4, 0.5) is 5.69 Å². The van der Waals surface area contributed by atoms with Gasteiger partial charge in [0.15, 0.2) is 0 Å². The van der Waals surface area contributed by atoms with Crippen LogP contribution in [0.1, 0.15) is 73.2 Å². The fraction of sp³-hybridized carbons (Fsp3) is 0.481. The van der Waals surface area contributed by atoms with Gasteiger partial charge in [-0.05, 0) is 87.8 Å². The smallest absolute Gasteiger partial charge is 0.309 e. The highest BCUT2D eigenvalue weighted by atomic mass is 32.1. The number of aromatic nitrogens is 2. The minimum atomic E-state index is -0.790. The van der Waals surface area contributed by atoms with E-state index in [1.54, 1.807) is 4.90 Å². The number of nitrogens with zero attached hydrogens (tertiary/aromatic N) is 3. The second-order valence-corrected chi connectivity index (χ2v) is 10.6. The third-order valence-electron chi connectivity index (χ3n) is 7.17. The first kappa shape index (κ1) is 24.3. The number of aliphatic carboxylic acids is 1. The van der Waals surface area contributed by atoms with Crippen LogP contribution in [0.2, 0.25) is 0 Å². The molecule has 1 fully saturated rings. The monoisotopic (exact) mass is 479 g/mol. The third kappa shape index (κ3) is 4.85. The summed E-state index contributed by atoms with van der Waals surface area (Å²) < 4.78 is 5.83. The zero-order valence-electron chi connectivity index (χ0n) is 20.5. The molecule has 0 saturated heterocycles. The van der Waals surface area contributed by atoms with Crippen LogP contribution in [-0.2, 0) is 16.1 Å². The van der Waals surface area contributed by atoms with Crippen molar-refractivity contribution in [3.05, 3.63) is 52.5 Å². The second kappa shape index (κ2) is 9.82. The van der Waals surface area contributed by atoms with Crippen LogP contribution in [0.3, 0.4) is 0 Å². The van der Waals surface area contributed by atoms with Crippen LogP contribution in [0.5, 0.6) is 0 Å². The molecule has 7 heteroatoms. The van der Waals surface area contributed by atoms with E-state index in [1.165, 1.54) is 17.1 Å². The van der Waals surface area contributed by atoms with Gasteiger partial charge in [-0.15, -0.1) is 0 Å². The molecule has 34 heavy (non-hydrogen) atoms. The van der Waals surface area contributed by atoms with E-state index < -0.39 is 11.4 Å². The molecule has 1 N–H and O–H groups in total. The highest BCUT2D eigenvalue weighted by molar-refractivity contribution is 7.13. The average Bonchev–Trinajstić information content (AvgIpc) is 3.19. The third-order valence-corrected chi connectivity index (χ3v) is 8.00. The summed E-state index contributed by atoms with van der Waals surface area (Å²) in [5.41, 5.74) is 4.86. The summed E-state index contributed by atoms with van der Waals surface area (Å²) in [5.74, 6) is -0.845. The van der Waals surface area contributed by atoms with Gasteiger partial charge in [-0.25, -0.2) is 0 Å². The van der Waals surface area contributed by atoms with Gasteiger partial charge in [0.1, 0.15) is 0 Å². The Morgan fingerprint density at radius 1 is 1.09 bits per heavy atom. The van der Waals surface area contributed by atoms with Crippen molar-refractivity contribution in [3.63, 3.8) is 0 Å². The molecule has 0 bridgehead atoms. The zero-order chi connectivity index (χ0) is 24.5. The van der Waals surface area contributed by atoms with E-state index >= 15 is 0 Å². The Bertz CT molecular complexity index is 1230. The topological polar surface area (TPSA) is 83.4 Å². The number of hydrogen-bond acceptors (Lipinski definition) is 5. The molecular weight excluding hydrogens is 446 g/mol. The molecule has 2 heterocycles. The van der Waals surface area contributed by atoms with Gasteiger partial charge in [0.25, 0.3) is 0 Å². The van der Waals surface area contributed by atoms with E-state index in [-0.39, 0.29) is 12.3 Å². The number of carboxylic acid groups (broad SMARTS) is 1. The van der Waals surface area contributed by atoms with E-state index in [2.05, 4.69) is 31.0 Å². The highest BCUT2D eigenvalue weighted by Crippen LogP contribution is 2.41. The van der Waals surface area contributed by atoms with Gasteiger partial charge in [-0.3, -0.25) is 14.6 Å². The first-order valence-corrected chi connectivity index (χ1v) is 12.8. The quantitative estimate of drug-likeness (QED) is 0.431. The fourth-order valence-corrected chi connectivity index (χ4v) is 6.30. The van der Waals surface area contributed by atoms with Gasteiger partial charge in [0.05, 0.1) is 33.7 Å². The summed E-state index contributed by atoms with van der Waals surface area (Å²) in [4.78, 5) is 32.2. The summed E-state index contributed by atoms with van der Waals surface area (Å²) in [6.45, 7) is 8.34. The number of fused-ring (bicyclic) bond motifs is 1. The summed E-state index contributed by atoms with van der Waals surface area (Å²) in [5, 5.41) is 11.1. The maximum absolute atomic E-state index is 13.7. The minimum absolute atomic E-state index is 0.0779. The molecule has 180 valence electrons. The van der Waals surface area contributed by atoms with Crippen molar-refractivity contribution in [2.75, 3.05) is 4.90 Å². The maximum Gasteiger partial charge on any atom is 0.309 e.